The molecule has 148 valence electrons. The van der Waals surface area contributed by atoms with E-state index in [1.807, 2.05) is 0 Å². The Kier molecular flexibility index (Phi) is 6.54. The highest BCUT2D eigenvalue weighted by Crippen LogP contribution is 2.25. The van der Waals surface area contributed by atoms with Gasteiger partial charge >= 0.3 is 0 Å². The fraction of sp³-hybridized carbons (Fsp3) is 0.263. The maximum atomic E-state index is 12.6. The summed E-state index contributed by atoms with van der Waals surface area (Å²) in [6, 6.07) is 10.6. The Bertz CT molecular complexity index is 878. The molecule has 0 heterocycles. The lowest BCUT2D eigenvalue weighted by molar-refractivity contribution is -0.384. The third-order valence-corrected chi connectivity index (χ3v) is 3.89. The maximum Gasteiger partial charge on any atom is 0.270 e. The normalized spacial score (nSPS) is 10.1. The Labute approximate surface area is 162 Å². The van der Waals surface area contributed by atoms with Crippen molar-refractivity contribution in [3.05, 3.63) is 58.1 Å². The van der Waals surface area contributed by atoms with E-state index >= 15 is 0 Å². The molecule has 0 aromatic heterocycles. The van der Waals surface area contributed by atoms with E-state index in [4.69, 9.17) is 4.74 Å². The molecule has 2 amide bonds. The zero-order chi connectivity index (χ0) is 20.8. The third-order valence-electron chi connectivity index (χ3n) is 3.89. The van der Waals surface area contributed by atoms with Gasteiger partial charge in [0, 0.05) is 51.7 Å². The van der Waals surface area contributed by atoms with Crippen molar-refractivity contribution in [1.29, 1.82) is 0 Å². The van der Waals surface area contributed by atoms with Crippen LogP contribution in [0.2, 0.25) is 0 Å². The minimum Gasteiger partial charge on any atom is -0.484 e. The molecule has 0 unspecified atom stereocenters. The molecule has 0 aliphatic carbocycles. The molecule has 0 fully saturated rings. The predicted molar refractivity (Wildman–Crippen MR) is 106 cm³/mol. The van der Waals surface area contributed by atoms with Gasteiger partial charge in [-0.15, -0.1) is 0 Å². The first-order valence-electron chi connectivity index (χ1n) is 8.39. The van der Waals surface area contributed by atoms with Gasteiger partial charge < -0.3 is 19.9 Å². The third kappa shape index (κ3) is 5.19. The van der Waals surface area contributed by atoms with Crippen molar-refractivity contribution in [2.24, 2.45) is 0 Å². The lowest BCUT2D eigenvalue weighted by Crippen LogP contribution is -2.27. The highest BCUT2D eigenvalue weighted by Gasteiger charge is 2.18. The first-order chi connectivity index (χ1) is 13.2. The summed E-state index contributed by atoms with van der Waals surface area (Å²) in [6.45, 7) is -0.0847. The number of amides is 2. The summed E-state index contributed by atoms with van der Waals surface area (Å²) in [5, 5.41) is 13.7. The maximum absolute atomic E-state index is 12.6. The summed E-state index contributed by atoms with van der Waals surface area (Å²) >= 11 is 0. The Morgan fingerprint density at radius 1 is 1.07 bits per heavy atom. The van der Waals surface area contributed by atoms with Gasteiger partial charge in [0.2, 0.25) is 0 Å². The van der Waals surface area contributed by atoms with Crippen LogP contribution in [0.5, 0.6) is 5.75 Å². The number of hydrogen-bond donors (Lipinski definition) is 1. The second kappa shape index (κ2) is 8.85. The molecule has 0 radical (unpaired) electrons. The Balaban J connectivity index is 2.13. The summed E-state index contributed by atoms with van der Waals surface area (Å²) in [5.74, 6) is -0.152. The van der Waals surface area contributed by atoms with Crippen LogP contribution >= 0.6 is 0 Å². The van der Waals surface area contributed by atoms with E-state index < -0.39 is 10.8 Å². The van der Waals surface area contributed by atoms with Crippen molar-refractivity contribution in [1.82, 2.24) is 4.90 Å². The smallest absolute Gasteiger partial charge is 0.270 e. The first kappa shape index (κ1) is 20.7. The predicted octanol–water partition coefficient (Wildman–Crippen LogP) is 2.38. The molecule has 2 aromatic carbocycles. The zero-order valence-electron chi connectivity index (χ0n) is 16.1. The molecule has 28 heavy (non-hydrogen) atoms. The molecule has 0 atom stereocenters. The van der Waals surface area contributed by atoms with Crippen LogP contribution in [0, 0.1) is 10.1 Å². The van der Waals surface area contributed by atoms with Gasteiger partial charge in [-0.25, -0.2) is 0 Å². The molecule has 0 bridgehead atoms. The van der Waals surface area contributed by atoms with Crippen molar-refractivity contribution in [2.75, 3.05) is 45.0 Å². The average molecular weight is 386 g/mol. The summed E-state index contributed by atoms with van der Waals surface area (Å²) < 4.78 is 5.38. The number of hydrogen-bond acceptors (Lipinski definition) is 6. The Hall–Kier alpha value is -3.62. The van der Waals surface area contributed by atoms with E-state index in [2.05, 4.69) is 5.32 Å². The molecule has 0 aliphatic rings. The van der Waals surface area contributed by atoms with Crippen LogP contribution in [-0.2, 0) is 4.79 Å². The van der Waals surface area contributed by atoms with Gasteiger partial charge in [-0.2, -0.15) is 0 Å². The highest BCUT2D eigenvalue weighted by atomic mass is 16.6. The summed E-state index contributed by atoms with van der Waals surface area (Å²) in [7, 11) is 6.78. The highest BCUT2D eigenvalue weighted by molar-refractivity contribution is 6.08. The van der Waals surface area contributed by atoms with Gasteiger partial charge in [0.15, 0.2) is 6.61 Å². The molecular formula is C19H22N4O5. The molecular weight excluding hydrogens is 364 g/mol. The summed E-state index contributed by atoms with van der Waals surface area (Å²) in [6.07, 6.45) is 0. The number of carbonyl (C=O) groups excluding carboxylic acids is 2. The number of nitrogens with one attached hydrogen (secondary N) is 1. The van der Waals surface area contributed by atoms with Crippen LogP contribution in [0.1, 0.15) is 10.4 Å². The summed E-state index contributed by atoms with van der Waals surface area (Å²) in [5.41, 5.74) is 1.08. The molecule has 2 rings (SSSR count). The number of nitro benzene ring substituents is 1. The van der Waals surface area contributed by atoms with E-state index in [9.17, 15) is 19.7 Å². The van der Waals surface area contributed by atoms with E-state index in [1.165, 1.54) is 23.1 Å². The van der Waals surface area contributed by atoms with Gasteiger partial charge in [0.1, 0.15) is 5.75 Å². The topological polar surface area (TPSA) is 105 Å². The van der Waals surface area contributed by atoms with Gasteiger partial charge in [-0.3, -0.25) is 19.7 Å². The minimum absolute atomic E-state index is 0.0847. The quantitative estimate of drug-likeness (QED) is 0.579. The number of nitro groups is 1. The van der Waals surface area contributed by atoms with Crippen LogP contribution in [0.15, 0.2) is 42.5 Å². The fourth-order valence-electron chi connectivity index (χ4n) is 2.32. The van der Waals surface area contributed by atoms with Crippen LogP contribution in [0.3, 0.4) is 0 Å². The lowest BCUT2D eigenvalue weighted by Gasteiger charge is -2.17. The molecule has 1 N–H and O–H groups in total. The van der Waals surface area contributed by atoms with Crippen molar-refractivity contribution < 1.29 is 19.2 Å². The lowest BCUT2D eigenvalue weighted by atomic mass is 10.1. The monoisotopic (exact) mass is 386 g/mol. The van der Waals surface area contributed by atoms with E-state index in [0.717, 1.165) is 0 Å². The van der Waals surface area contributed by atoms with E-state index in [1.54, 1.807) is 57.4 Å². The van der Waals surface area contributed by atoms with Gasteiger partial charge in [-0.1, -0.05) is 0 Å². The number of non-ortho nitro benzene ring substituents is 1. The first-order valence-corrected chi connectivity index (χ1v) is 8.39. The van der Waals surface area contributed by atoms with Crippen molar-refractivity contribution >= 4 is 28.9 Å². The van der Waals surface area contributed by atoms with Gasteiger partial charge in [0.25, 0.3) is 17.5 Å². The summed E-state index contributed by atoms with van der Waals surface area (Å²) in [4.78, 5) is 37.8. The SMILES string of the molecule is CN(C)C(=O)COc1ccc(NC(=O)c2cc([N+](=O)[O-])ccc2N(C)C)cc1. The molecule has 0 aliphatic heterocycles. The Morgan fingerprint density at radius 3 is 2.25 bits per heavy atom. The van der Waals surface area contributed by atoms with Crippen molar-refractivity contribution in [3.8, 4) is 5.75 Å². The fourth-order valence-corrected chi connectivity index (χ4v) is 2.32. The average Bonchev–Trinajstić information content (AvgIpc) is 2.66. The number of anilines is 2. The second-order valence-electron chi connectivity index (χ2n) is 6.41. The molecule has 0 spiro atoms. The zero-order valence-corrected chi connectivity index (χ0v) is 16.1. The van der Waals surface area contributed by atoms with Crippen LogP contribution < -0.4 is 15.0 Å². The van der Waals surface area contributed by atoms with Crippen LogP contribution in [0.25, 0.3) is 0 Å². The van der Waals surface area contributed by atoms with Gasteiger partial charge in [-0.05, 0) is 30.3 Å². The number of ether oxygens (including phenoxy) is 1. The number of likely N-dealkylation sites (N-methyl/N-ethyl adjacent to an activating group) is 1. The molecule has 9 nitrogen and oxygen atoms in total. The van der Waals surface area contributed by atoms with E-state index in [0.29, 0.717) is 17.1 Å². The number of nitrogens with zero attached hydrogens (tertiary/aromatic N) is 3. The van der Waals surface area contributed by atoms with Crippen molar-refractivity contribution in [3.63, 3.8) is 0 Å². The minimum atomic E-state index is -0.544. The molecule has 9 heteroatoms. The number of carbonyl (C=O) groups is 2. The number of rotatable bonds is 7. The standard InChI is InChI=1S/C19H22N4O5/c1-21(2)17-10-7-14(23(26)27)11-16(17)19(25)20-13-5-8-15(9-6-13)28-12-18(24)22(3)4/h5-11H,12H2,1-4H3,(H,20,25). The molecule has 2 aromatic rings. The van der Waals surface area contributed by atoms with E-state index in [-0.39, 0.29) is 23.8 Å². The largest absolute Gasteiger partial charge is 0.484 e. The van der Waals surface area contributed by atoms with Gasteiger partial charge in [0.05, 0.1) is 10.5 Å². The molecule has 0 saturated heterocycles. The van der Waals surface area contributed by atoms with Crippen LogP contribution in [0.4, 0.5) is 17.1 Å². The number of benzene rings is 2. The second-order valence-corrected chi connectivity index (χ2v) is 6.41. The molecule has 0 saturated carbocycles. The van der Waals surface area contributed by atoms with Crippen LogP contribution in [-0.4, -0.2) is 56.4 Å². The Morgan fingerprint density at radius 2 is 1.71 bits per heavy atom. The van der Waals surface area contributed by atoms with Crippen molar-refractivity contribution in [2.45, 2.75) is 0 Å².